The number of hydrogen-bond donors (Lipinski definition) is 2. The van der Waals surface area contributed by atoms with Crippen molar-refractivity contribution < 1.29 is 9.53 Å². The van der Waals surface area contributed by atoms with Gasteiger partial charge in [-0.3, -0.25) is 4.79 Å². The zero-order chi connectivity index (χ0) is 15.9. The van der Waals surface area contributed by atoms with Crippen LogP contribution in [0.25, 0.3) is 0 Å². The number of ether oxygens (including phenoxy) is 1. The van der Waals surface area contributed by atoms with E-state index in [4.69, 9.17) is 4.74 Å². The molecule has 2 aliphatic heterocycles. The number of nitrogens with one attached hydrogen (secondary N) is 2. The second-order valence-corrected chi connectivity index (χ2v) is 7.11. The number of piperazine rings is 1. The van der Waals surface area contributed by atoms with Gasteiger partial charge in [0.15, 0.2) is 11.9 Å². The molecule has 2 heterocycles. The molecular weight excluding hydrogens is 278 g/mol. The highest BCUT2D eigenvalue weighted by Gasteiger charge is 2.30. The smallest absolute Gasteiger partial charge is 0.265 e. The lowest BCUT2D eigenvalue weighted by Gasteiger charge is -2.35. The van der Waals surface area contributed by atoms with E-state index in [-0.39, 0.29) is 11.3 Å². The van der Waals surface area contributed by atoms with Crippen LogP contribution in [0.3, 0.4) is 0 Å². The maximum absolute atomic E-state index is 11.9. The number of rotatable bonds is 1. The van der Waals surface area contributed by atoms with Crippen LogP contribution in [0, 0.1) is 0 Å². The summed E-state index contributed by atoms with van der Waals surface area (Å²) in [6, 6.07) is 4.26. The molecule has 22 heavy (non-hydrogen) atoms. The summed E-state index contributed by atoms with van der Waals surface area (Å²) >= 11 is 0. The normalized spacial score (nSPS) is 21.9. The molecule has 1 saturated heterocycles. The van der Waals surface area contributed by atoms with E-state index in [1.54, 1.807) is 6.92 Å². The van der Waals surface area contributed by atoms with Crippen LogP contribution in [-0.4, -0.2) is 38.2 Å². The Morgan fingerprint density at radius 3 is 2.55 bits per heavy atom. The summed E-state index contributed by atoms with van der Waals surface area (Å²) in [5, 5.41) is 6.37. The van der Waals surface area contributed by atoms with Crippen molar-refractivity contribution in [1.29, 1.82) is 0 Å². The average molecular weight is 303 g/mol. The first-order valence-corrected chi connectivity index (χ1v) is 7.98. The van der Waals surface area contributed by atoms with Crippen molar-refractivity contribution in [2.45, 2.75) is 39.2 Å². The number of amides is 1. The fourth-order valence-corrected chi connectivity index (χ4v) is 2.87. The maximum Gasteiger partial charge on any atom is 0.265 e. The Balaban J connectivity index is 2.09. The molecule has 5 heteroatoms. The summed E-state index contributed by atoms with van der Waals surface area (Å²) in [6.07, 6.45) is -0.449. The van der Waals surface area contributed by atoms with Crippen molar-refractivity contribution in [2.75, 3.05) is 36.4 Å². The first-order valence-electron chi connectivity index (χ1n) is 7.98. The molecule has 1 unspecified atom stereocenters. The van der Waals surface area contributed by atoms with E-state index < -0.39 is 6.10 Å². The van der Waals surface area contributed by atoms with Crippen molar-refractivity contribution in [2.24, 2.45) is 0 Å². The van der Waals surface area contributed by atoms with E-state index in [1.807, 2.05) is 6.07 Å². The minimum Gasteiger partial charge on any atom is -0.477 e. The number of anilines is 2. The summed E-state index contributed by atoms with van der Waals surface area (Å²) in [5.41, 5.74) is 3.11. The molecule has 1 amide bonds. The molecule has 3 rings (SSSR count). The quantitative estimate of drug-likeness (QED) is 0.834. The molecule has 0 bridgehead atoms. The highest BCUT2D eigenvalue weighted by Crippen LogP contribution is 2.43. The zero-order valence-electron chi connectivity index (χ0n) is 13.8. The maximum atomic E-state index is 11.9. The van der Waals surface area contributed by atoms with Gasteiger partial charge in [-0.1, -0.05) is 20.8 Å². The molecule has 2 aliphatic rings. The van der Waals surface area contributed by atoms with Crippen LogP contribution in [0.15, 0.2) is 12.1 Å². The van der Waals surface area contributed by atoms with Crippen molar-refractivity contribution >= 4 is 17.3 Å². The van der Waals surface area contributed by atoms with Crippen LogP contribution in [0.4, 0.5) is 11.4 Å². The molecule has 2 N–H and O–H groups in total. The highest BCUT2D eigenvalue weighted by molar-refractivity contribution is 5.99. The van der Waals surface area contributed by atoms with E-state index in [9.17, 15) is 4.79 Å². The fraction of sp³-hybridized carbons (Fsp3) is 0.588. The van der Waals surface area contributed by atoms with Gasteiger partial charge in [0.2, 0.25) is 0 Å². The third kappa shape index (κ3) is 2.77. The van der Waals surface area contributed by atoms with Crippen LogP contribution in [-0.2, 0) is 10.2 Å². The molecule has 0 aromatic heterocycles. The van der Waals surface area contributed by atoms with E-state index in [1.165, 1.54) is 5.56 Å². The van der Waals surface area contributed by atoms with Crippen molar-refractivity contribution in [3.8, 4) is 5.75 Å². The Hall–Kier alpha value is -1.75. The lowest BCUT2D eigenvalue weighted by Crippen LogP contribution is -2.44. The summed E-state index contributed by atoms with van der Waals surface area (Å²) in [4.78, 5) is 14.3. The first kappa shape index (κ1) is 15.2. The zero-order valence-corrected chi connectivity index (χ0v) is 13.8. The predicted molar refractivity (Wildman–Crippen MR) is 88.9 cm³/mol. The predicted octanol–water partition coefficient (Wildman–Crippen LogP) is 2.11. The number of carbonyl (C=O) groups excluding carboxylic acids is 1. The van der Waals surface area contributed by atoms with Crippen molar-refractivity contribution in [3.63, 3.8) is 0 Å². The van der Waals surface area contributed by atoms with Crippen molar-refractivity contribution in [1.82, 2.24) is 5.32 Å². The third-order valence-electron chi connectivity index (χ3n) is 4.31. The van der Waals surface area contributed by atoms with Gasteiger partial charge in [-0.15, -0.1) is 0 Å². The minimum atomic E-state index is -0.449. The molecule has 0 radical (unpaired) electrons. The first-order chi connectivity index (χ1) is 10.4. The van der Waals surface area contributed by atoms with Crippen LogP contribution in [0.1, 0.15) is 33.3 Å². The molecule has 5 nitrogen and oxygen atoms in total. The standard InChI is InChI=1S/C17H25N3O2/c1-11-16(21)19-13-9-12(17(2,3)4)10-14(15(13)22-11)20-7-5-18-6-8-20/h9-11,18H,5-8H2,1-4H3,(H,19,21). The summed E-state index contributed by atoms with van der Waals surface area (Å²) in [7, 11) is 0. The molecule has 120 valence electrons. The number of nitrogens with zero attached hydrogens (tertiary/aromatic N) is 1. The molecule has 1 atom stereocenters. The van der Waals surface area contributed by atoms with E-state index >= 15 is 0 Å². The van der Waals surface area contributed by atoms with Crippen LogP contribution >= 0.6 is 0 Å². The topological polar surface area (TPSA) is 53.6 Å². The molecule has 1 fully saturated rings. The molecule has 1 aromatic rings. The molecule has 1 aromatic carbocycles. The van der Waals surface area contributed by atoms with E-state index in [0.29, 0.717) is 0 Å². The van der Waals surface area contributed by atoms with Gasteiger partial charge >= 0.3 is 0 Å². The van der Waals surface area contributed by atoms with Crippen LogP contribution in [0.2, 0.25) is 0 Å². The lowest BCUT2D eigenvalue weighted by atomic mass is 9.86. The summed E-state index contributed by atoms with van der Waals surface area (Å²) in [5.74, 6) is 0.729. The van der Waals surface area contributed by atoms with Crippen LogP contribution < -0.4 is 20.3 Å². The Kier molecular flexibility index (Phi) is 3.77. The number of hydrogen-bond acceptors (Lipinski definition) is 4. The Labute approximate surface area is 132 Å². The Morgan fingerprint density at radius 1 is 1.23 bits per heavy atom. The van der Waals surface area contributed by atoms with E-state index in [2.05, 4.69) is 42.4 Å². The monoisotopic (exact) mass is 303 g/mol. The molecule has 0 spiro atoms. The third-order valence-corrected chi connectivity index (χ3v) is 4.31. The molecule has 0 saturated carbocycles. The second kappa shape index (κ2) is 5.47. The molecular formula is C17H25N3O2. The SMILES string of the molecule is CC1Oc2c(cc(C(C)(C)C)cc2N2CCNCC2)NC1=O. The summed E-state index contributed by atoms with van der Waals surface area (Å²) < 4.78 is 5.92. The Bertz CT molecular complexity index is 586. The van der Waals surface area contributed by atoms with Gasteiger partial charge in [-0.25, -0.2) is 0 Å². The van der Waals surface area contributed by atoms with Crippen molar-refractivity contribution in [3.05, 3.63) is 17.7 Å². The number of fused-ring (bicyclic) bond motifs is 1. The van der Waals surface area contributed by atoms with E-state index in [0.717, 1.165) is 43.3 Å². The number of benzene rings is 1. The minimum absolute atomic E-state index is 0.0195. The van der Waals surface area contributed by atoms with Gasteiger partial charge in [0.25, 0.3) is 5.91 Å². The van der Waals surface area contributed by atoms with Gasteiger partial charge in [-0.2, -0.15) is 0 Å². The van der Waals surface area contributed by atoms with Gasteiger partial charge in [0, 0.05) is 26.2 Å². The largest absolute Gasteiger partial charge is 0.477 e. The average Bonchev–Trinajstić information content (AvgIpc) is 2.47. The summed E-state index contributed by atoms with van der Waals surface area (Å²) in [6.45, 7) is 12.2. The van der Waals surface area contributed by atoms with Gasteiger partial charge < -0.3 is 20.3 Å². The molecule has 0 aliphatic carbocycles. The number of carbonyl (C=O) groups is 1. The fourth-order valence-electron chi connectivity index (χ4n) is 2.87. The second-order valence-electron chi connectivity index (χ2n) is 7.11. The highest BCUT2D eigenvalue weighted by atomic mass is 16.5. The Morgan fingerprint density at radius 2 is 1.91 bits per heavy atom. The van der Waals surface area contributed by atoms with Gasteiger partial charge in [0.05, 0.1) is 11.4 Å². The van der Waals surface area contributed by atoms with Gasteiger partial charge in [-0.05, 0) is 30.0 Å². The lowest BCUT2D eigenvalue weighted by molar-refractivity contribution is -0.122. The van der Waals surface area contributed by atoms with Crippen LogP contribution in [0.5, 0.6) is 5.75 Å². The van der Waals surface area contributed by atoms with Gasteiger partial charge in [0.1, 0.15) is 0 Å².